The fraction of sp³-hybridized carbons (Fsp3) is 0.167. The predicted octanol–water partition coefficient (Wildman–Crippen LogP) is 3.84. The van der Waals surface area contributed by atoms with Crippen LogP contribution in [0.1, 0.15) is 10.7 Å². The van der Waals surface area contributed by atoms with E-state index in [0.717, 1.165) is 32.2 Å². The van der Waals surface area contributed by atoms with Crippen LogP contribution < -0.4 is 0 Å². The van der Waals surface area contributed by atoms with Crippen molar-refractivity contribution in [3.05, 3.63) is 38.9 Å². The predicted molar refractivity (Wildman–Crippen MR) is 73.5 cm³/mol. The Balaban J connectivity index is 2.23. The minimum atomic E-state index is 0.926. The Morgan fingerprint density at radius 3 is 2.71 bits per heavy atom. The van der Waals surface area contributed by atoms with Gasteiger partial charge in [-0.2, -0.15) is 0 Å². The van der Waals surface area contributed by atoms with E-state index in [1.54, 1.807) is 11.3 Å². The first-order chi connectivity index (χ1) is 8.15. The summed E-state index contributed by atoms with van der Waals surface area (Å²) in [6.45, 7) is 4.07. The lowest BCUT2D eigenvalue weighted by Gasteiger charge is -2.00. The van der Waals surface area contributed by atoms with Gasteiger partial charge in [0.1, 0.15) is 17.0 Å². The molecule has 0 bridgehead atoms. The number of rotatable bonds is 1. The summed E-state index contributed by atoms with van der Waals surface area (Å²) in [7, 11) is 0. The molecule has 0 saturated heterocycles. The second-order valence-electron chi connectivity index (χ2n) is 3.87. The Bertz CT molecular complexity index is 699. The Kier molecular flexibility index (Phi) is 2.52. The summed E-state index contributed by atoms with van der Waals surface area (Å²) in [6.07, 6.45) is 2.03. The van der Waals surface area contributed by atoms with Gasteiger partial charge in [0.05, 0.1) is 5.01 Å². The van der Waals surface area contributed by atoms with Crippen molar-refractivity contribution in [2.24, 2.45) is 0 Å². The van der Waals surface area contributed by atoms with E-state index in [1.807, 2.05) is 30.6 Å². The summed E-state index contributed by atoms with van der Waals surface area (Å²) in [5.74, 6) is 0. The van der Waals surface area contributed by atoms with Crippen molar-refractivity contribution in [3.8, 4) is 11.4 Å². The zero-order valence-electron chi connectivity index (χ0n) is 9.44. The molecule has 3 aromatic rings. The highest BCUT2D eigenvalue weighted by Gasteiger charge is 2.09. The van der Waals surface area contributed by atoms with Gasteiger partial charge in [0.25, 0.3) is 0 Å². The monoisotopic (exact) mass is 307 g/mol. The van der Waals surface area contributed by atoms with Crippen molar-refractivity contribution in [1.82, 2.24) is 14.4 Å². The van der Waals surface area contributed by atoms with Gasteiger partial charge < -0.3 is 4.40 Å². The van der Waals surface area contributed by atoms with Crippen LogP contribution in [-0.2, 0) is 0 Å². The maximum atomic E-state index is 4.58. The number of fused-ring (bicyclic) bond motifs is 1. The van der Waals surface area contributed by atoms with Gasteiger partial charge in [-0.25, -0.2) is 9.97 Å². The zero-order valence-corrected chi connectivity index (χ0v) is 11.8. The van der Waals surface area contributed by atoms with E-state index in [0.29, 0.717) is 0 Å². The molecule has 0 aliphatic carbocycles. The number of pyridine rings is 1. The molecule has 0 unspecified atom stereocenters. The third kappa shape index (κ3) is 1.79. The Hall–Kier alpha value is -1.20. The van der Waals surface area contributed by atoms with E-state index >= 15 is 0 Å². The highest BCUT2D eigenvalue weighted by atomic mass is 79.9. The van der Waals surface area contributed by atoms with Gasteiger partial charge in [0, 0.05) is 21.7 Å². The fourth-order valence-electron chi connectivity index (χ4n) is 1.77. The van der Waals surface area contributed by atoms with Gasteiger partial charge >= 0.3 is 0 Å². The normalized spacial score (nSPS) is 11.2. The molecular formula is C12H10BrN3S. The van der Waals surface area contributed by atoms with Crippen LogP contribution in [0.15, 0.2) is 28.2 Å². The molecule has 3 nitrogen and oxygen atoms in total. The number of halogens is 1. The van der Waals surface area contributed by atoms with Crippen LogP contribution >= 0.6 is 27.3 Å². The number of thiazole rings is 1. The first-order valence-corrected chi connectivity index (χ1v) is 6.89. The minimum Gasteiger partial charge on any atom is -0.303 e. The van der Waals surface area contributed by atoms with Crippen LogP contribution in [0.3, 0.4) is 0 Å². The molecule has 5 heteroatoms. The molecule has 0 saturated carbocycles. The van der Waals surface area contributed by atoms with Gasteiger partial charge in [-0.05, 0) is 41.9 Å². The van der Waals surface area contributed by atoms with Crippen LogP contribution in [0.4, 0.5) is 0 Å². The minimum absolute atomic E-state index is 0.926. The summed E-state index contributed by atoms with van der Waals surface area (Å²) in [4.78, 5) is 9.04. The summed E-state index contributed by atoms with van der Waals surface area (Å²) < 4.78 is 3.16. The molecule has 0 spiro atoms. The fourth-order valence-corrected chi connectivity index (χ4v) is 2.70. The van der Waals surface area contributed by atoms with E-state index < -0.39 is 0 Å². The van der Waals surface area contributed by atoms with Crippen molar-refractivity contribution >= 4 is 32.9 Å². The van der Waals surface area contributed by atoms with Gasteiger partial charge in [0.2, 0.25) is 0 Å². The van der Waals surface area contributed by atoms with E-state index in [9.17, 15) is 0 Å². The highest BCUT2D eigenvalue weighted by molar-refractivity contribution is 9.10. The molecule has 0 atom stereocenters. The van der Waals surface area contributed by atoms with Crippen molar-refractivity contribution in [1.29, 1.82) is 0 Å². The van der Waals surface area contributed by atoms with Crippen molar-refractivity contribution in [2.45, 2.75) is 13.8 Å². The summed E-state index contributed by atoms with van der Waals surface area (Å²) in [5.41, 5.74) is 3.97. The van der Waals surface area contributed by atoms with Crippen LogP contribution in [0.25, 0.3) is 17.0 Å². The number of aromatic nitrogens is 3. The number of aryl methyl sites for hydroxylation is 2. The largest absolute Gasteiger partial charge is 0.303 e. The van der Waals surface area contributed by atoms with Crippen LogP contribution in [0, 0.1) is 13.8 Å². The molecule has 0 radical (unpaired) electrons. The van der Waals surface area contributed by atoms with Gasteiger partial charge in [0.15, 0.2) is 0 Å². The molecular weight excluding hydrogens is 298 g/mol. The molecule has 0 aromatic carbocycles. The van der Waals surface area contributed by atoms with Crippen LogP contribution in [0.5, 0.6) is 0 Å². The molecule has 86 valence electrons. The van der Waals surface area contributed by atoms with E-state index in [2.05, 4.69) is 37.2 Å². The first kappa shape index (κ1) is 10.9. The molecule has 0 aliphatic rings. The molecule has 3 heterocycles. The van der Waals surface area contributed by atoms with E-state index in [4.69, 9.17) is 0 Å². The van der Waals surface area contributed by atoms with Crippen LogP contribution in [0.2, 0.25) is 0 Å². The maximum Gasteiger partial charge on any atom is 0.137 e. The standard InChI is InChI=1S/C12H10BrN3S/c1-7-9(13)3-4-12-15-10(5-16(7)12)11-6-17-8(2)14-11/h3-6H,1-2H3. The molecule has 3 rings (SSSR count). The SMILES string of the molecule is Cc1nc(-c2cn3c(C)c(Br)ccc3n2)cs1. The summed E-state index contributed by atoms with van der Waals surface area (Å²) >= 11 is 5.17. The lowest BCUT2D eigenvalue weighted by atomic mass is 10.3. The topological polar surface area (TPSA) is 30.2 Å². The number of hydrogen-bond acceptors (Lipinski definition) is 3. The highest BCUT2D eigenvalue weighted by Crippen LogP contribution is 2.24. The lowest BCUT2D eigenvalue weighted by Crippen LogP contribution is -1.89. The number of imidazole rings is 1. The molecule has 0 N–H and O–H groups in total. The quantitative estimate of drug-likeness (QED) is 0.684. The molecule has 0 fully saturated rings. The van der Waals surface area contributed by atoms with Gasteiger partial charge in [-0.3, -0.25) is 0 Å². The Morgan fingerprint density at radius 2 is 2.00 bits per heavy atom. The number of hydrogen-bond donors (Lipinski definition) is 0. The average Bonchev–Trinajstić information content (AvgIpc) is 2.90. The van der Waals surface area contributed by atoms with Gasteiger partial charge in [-0.15, -0.1) is 11.3 Å². The Morgan fingerprint density at radius 1 is 1.18 bits per heavy atom. The average molecular weight is 308 g/mol. The van der Waals surface area contributed by atoms with Crippen molar-refractivity contribution in [3.63, 3.8) is 0 Å². The second kappa shape index (κ2) is 3.92. The first-order valence-electron chi connectivity index (χ1n) is 5.22. The third-order valence-electron chi connectivity index (χ3n) is 2.70. The summed E-state index contributed by atoms with van der Waals surface area (Å²) in [6, 6.07) is 4.02. The van der Waals surface area contributed by atoms with E-state index in [1.165, 1.54) is 0 Å². The van der Waals surface area contributed by atoms with E-state index in [-0.39, 0.29) is 0 Å². The Labute approximate surface area is 111 Å². The smallest absolute Gasteiger partial charge is 0.137 e. The number of nitrogens with zero attached hydrogens (tertiary/aromatic N) is 3. The van der Waals surface area contributed by atoms with Gasteiger partial charge in [-0.1, -0.05) is 0 Å². The lowest BCUT2D eigenvalue weighted by molar-refractivity contribution is 1.08. The van der Waals surface area contributed by atoms with Crippen molar-refractivity contribution < 1.29 is 0 Å². The molecule has 3 aromatic heterocycles. The molecule has 0 amide bonds. The second-order valence-corrected chi connectivity index (χ2v) is 5.79. The maximum absolute atomic E-state index is 4.58. The summed E-state index contributed by atoms with van der Waals surface area (Å²) in [5, 5.41) is 3.11. The molecule has 17 heavy (non-hydrogen) atoms. The molecule has 0 aliphatic heterocycles. The van der Waals surface area contributed by atoms with Crippen LogP contribution in [-0.4, -0.2) is 14.4 Å². The van der Waals surface area contributed by atoms with Crippen molar-refractivity contribution in [2.75, 3.05) is 0 Å². The third-order valence-corrected chi connectivity index (χ3v) is 4.31. The zero-order chi connectivity index (χ0) is 12.0.